The topological polar surface area (TPSA) is 235 Å². The van der Waals surface area contributed by atoms with Gasteiger partial charge in [0.1, 0.15) is 25.6 Å². The number of rotatable bonds is 19. The third kappa shape index (κ3) is 10.5. The summed E-state index contributed by atoms with van der Waals surface area (Å²) in [4.78, 5) is 78.5. The number of hydrogen-bond acceptors (Lipinski definition) is 17. The molecule has 0 radical (unpaired) electrons. The largest absolute Gasteiger partial charge is 0.514 e. The van der Waals surface area contributed by atoms with Crippen LogP contribution >= 0.6 is 0 Å². The van der Waals surface area contributed by atoms with E-state index in [0.29, 0.717) is 0 Å². The number of alkyl halides is 2. The third-order valence-corrected chi connectivity index (χ3v) is 11.4. The van der Waals surface area contributed by atoms with Crippen LogP contribution in [-0.4, -0.2) is 118 Å². The van der Waals surface area contributed by atoms with Crippen molar-refractivity contribution in [1.29, 1.82) is 0 Å². The summed E-state index contributed by atoms with van der Waals surface area (Å²) in [7, 11) is 1.25. The number of ketones is 2. The van der Waals surface area contributed by atoms with Crippen molar-refractivity contribution in [3.63, 3.8) is 0 Å². The molecule has 4 aliphatic carbocycles. The molecule has 5 rings (SSSR count). The van der Waals surface area contributed by atoms with Crippen LogP contribution in [0.25, 0.3) is 0 Å². The van der Waals surface area contributed by atoms with Gasteiger partial charge in [0.15, 0.2) is 35.5 Å². The highest BCUT2D eigenvalue weighted by Gasteiger charge is 2.66. The van der Waals surface area contributed by atoms with Gasteiger partial charge in [0.2, 0.25) is 0 Å². The number of esters is 1. The predicted octanol–water partition coefficient (Wildman–Crippen LogP) is 4.61. The normalized spacial score (nSPS) is 29.8. The van der Waals surface area contributed by atoms with Crippen molar-refractivity contribution in [3.8, 4) is 11.5 Å². The average molecular weight is 839 g/mol. The third-order valence-electron chi connectivity index (χ3n) is 11.4. The summed E-state index contributed by atoms with van der Waals surface area (Å²) in [5.74, 6) is -6.81. The molecule has 20 heteroatoms. The van der Waals surface area contributed by atoms with Crippen LogP contribution < -0.4 is 9.47 Å². The van der Waals surface area contributed by atoms with E-state index < -0.39 is 94.2 Å². The number of hydrogen-bond donors (Lipinski definition) is 1. The molecule has 59 heavy (non-hydrogen) atoms. The number of nitroso groups, excluding NO2 is 1. The Morgan fingerprint density at radius 2 is 1.71 bits per heavy atom. The fourth-order valence-corrected chi connectivity index (χ4v) is 9.18. The summed E-state index contributed by atoms with van der Waals surface area (Å²) < 4.78 is 70.3. The van der Waals surface area contributed by atoms with Crippen molar-refractivity contribution in [3.05, 3.63) is 62.6 Å². The lowest BCUT2D eigenvalue weighted by Gasteiger charge is -2.54. The molecule has 1 N–H and O–H groups in total. The zero-order valence-corrected chi connectivity index (χ0v) is 33.0. The first-order valence-electron chi connectivity index (χ1n) is 19.0. The van der Waals surface area contributed by atoms with Gasteiger partial charge in [-0.2, -0.15) is 4.91 Å². The van der Waals surface area contributed by atoms with Gasteiger partial charge < -0.3 is 43.1 Å². The summed E-state index contributed by atoms with van der Waals surface area (Å²) >= 11 is 0. The Morgan fingerprint density at radius 3 is 2.37 bits per heavy atom. The molecule has 6 unspecified atom stereocenters. The van der Waals surface area contributed by atoms with Gasteiger partial charge in [0, 0.05) is 5.41 Å². The fourth-order valence-electron chi connectivity index (χ4n) is 9.18. The highest BCUT2D eigenvalue weighted by atomic mass is 19.1. The Balaban J connectivity index is 1.22. The molecule has 1 spiro atoms. The van der Waals surface area contributed by atoms with Crippen LogP contribution in [0.15, 0.2) is 47.2 Å². The van der Waals surface area contributed by atoms with E-state index in [9.17, 15) is 39.3 Å². The lowest BCUT2D eigenvalue weighted by molar-refractivity contribution is -0.758. The molecule has 1 aromatic rings. The molecule has 324 valence electrons. The fraction of sp³-hybridized carbons (Fsp3) is 0.641. The van der Waals surface area contributed by atoms with Crippen molar-refractivity contribution in [2.24, 2.45) is 33.8 Å². The highest BCUT2D eigenvalue weighted by molar-refractivity contribution is 6.01. The molecule has 9 atom stereocenters. The van der Waals surface area contributed by atoms with Gasteiger partial charge in [-0.05, 0) is 92.7 Å². The van der Waals surface area contributed by atoms with Crippen LogP contribution in [-0.2, 0) is 38.1 Å². The molecule has 0 saturated heterocycles. The number of Topliss-reactive ketones (excluding diaryl/α,β-unsaturated/α-hetero) is 1. The Labute approximate surface area is 337 Å². The minimum absolute atomic E-state index is 0.00202. The van der Waals surface area contributed by atoms with Gasteiger partial charge >= 0.3 is 12.1 Å². The maximum atomic E-state index is 17.0. The standard InChI is InChI=1S/C39H48F2N2O16/c1-37(2,48)59-32-18-26-25-17-28(40)27-16-24(44)7-8-39(27,34(25)41)20-23(42-49)19-38(26,3)33(32)29(45)21-56-36(47)58-30-6-5-22(15-31(30)52-4)35(46)55-13-11-53-9-10-54-12-14-57-43(50)51/h5-8,15-16,23,25-26,28,32-34,48H,9-14,17-21H2,1-4H3/t23?,25?,26?,28-,32+,33?,34+,38?,39?/m0/s1. The van der Waals surface area contributed by atoms with Gasteiger partial charge in [0.25, 0.3) is 5.09 Å². The van der Waals surface area contributed by atoms with Gasteiger partial charge in [-0.25, -0.2) is 18.4 Å². The molecule has 18 nitrogen and oxygen atoms in total. The minimum Gasteiger partial charge on any atom is -0.493 e. The number of methoxy groups -OCH3 is 1. The van der Waals surface area contributed by atoms with E-state index in [1.165, 1.54) is 51.3 Å². The summed E-state index contributed by atoms with van der Waals surface area (Å²) in [6.45, 7) is 3.47. The number of benzene rings is 1. The summed E-state index contributed by atoms with van der Waals surface area (Å²) in [6.07, 6.45) is -2.77. The van der Waals surface area contributed by atoms with Crippen LogP contribution in [0.4, 0.5) is 13.6 Å². The average Bonchev–Trinajstić information content (AvgIpc) is 3.44. The Bertz CT molecular complexity index is 1820. The van der Waals surface area contributed by atoms with E-state index in [1.54, 1.807) is 6.92 Å². The summed E-state index contributed by atoms with van der Waals surface area (Å²) in [5, 5.41) is 23.2. The molecule has 0 heterocycles. The second-order valence-electron chi connectivity index (χ2n) is 15.6. The molecular weight excluding hydrogens is 790 g/mol. The molecule has 1 aromatic carbocycles. The first kappa shape index (κ1) is 45.2. The zero-order valence-electron chi connectivity index (χ0n) is 33.0. The number of carbonyl (C=O) groups excluding carboxylic acids is 4. The smallest absolute Gasteiger partial charge is 0.493 e. The van der Waals surface area contributed by atoms with Crippen LogP contribution in [0.2, 0.25) is 0 Å². The molecule has 3 saturated carbocycles. The first-order chi connectivity index (χ1) is 27.9. The van der Waals surface area contributed by atoms with Crippen LogP contribution in [0.3, 0.4) is 0 Å². The van der Waals surface area contributed by atoms with Crippen molar-refractivity contribution in [1.82, 2.24) is 0 Å². The first-order valence-corrected chi connectivity index (χ1v) is 19.0. The molecule has 2 bridgehead atoms. The van der Waals surface area contributed by atoms with Crippen molar-refractivity contribution >= 4 is 23.7 Å². The molecule has 0 aromatic heterocycles. The summed E-state index contributed by atoms with van der Waals surface area (Å²) in [5.41, 5.74) is -2.81. The van der Waals surface area contributed by atoms with Crippen LogP contribution in [0, 0.1) is 43.6 Å². The summed E-state index contributed by atoms with van der Waals surface area (Å²) in [6, 6.07) is 2.67. The SMILES string of the molecule is COc1cc(C(=O)OCCOCCOCCO[N+](=O)[O-])ccc1OC(=O)OCC(=O)C1[C@H](OC(C)(C)O)CC2C3C[C@H](F)C4=CC(=O)C=CC4(CC(N=O)CC21C)[C@@H]3F. The second kappa shape index (κ2) is 19.0. The highest BCUT2D eigenvalue weighted by Crippen LogP contribution is 2.64. The molecular formula is C39H48F2N2O16. The zero-order chi connectivity index (χ0) is 43.1. The lowest BCUT2D eigenvalue weighted by Crippen LogP contribution is -2.55. The number of fused-ring (bicyclic) bond motifs is 3. The van der Waals surface area contributed by atoms with E-state index in [1.807, 2.05) is 0 Å². The monoisotopic (exact) mass is 838 g/mol. The van der Waals surface area contributed by atoms with Crippen molar-refractivity contribution in [2.75, 3.05) is 53.4 Å². The van der Waals surface area contributed by atoms with Crippen molar-refractivity contribution < 1.29 is 76.1 Å². The van der Waals surface area contributed by atoms with E-state index in [2.05, 4.69) is 10.0 Å². The van der Waals surface area contributed by atoms with Gasteiger partial charge in [-0.1, -0.05) is 18.2 Å². The Kier molecular flexibility index (Phi) is 14.5. The quantitative estimate of drug-likeness (QED) is 0.0381. The lowest BCUT2D eigenvalue weighted by atomic mass is 9.51. The van der Waals surface area contributed by atoms with Gasteiger partial charge in [0.05, 0.1) is 57.2 Å². The maximum absolute atomic E-state index is 17.0. The number of carbonyl (C=O) groups is 4. The Hall–Kier alpha value is -4.92. The van der Waals surface area contributed by atoms with Crippen LogP contribution in [0.5, 0.6) is 11.5 Å². The number of halogens is 2. The Morgan fingerprint density at radius 1 is 1.02 bits per heavy atom. The molecule has 0 aliphatic heterocycles. The number of allylic oxidation sites excluding steroid dienone is 4. The number of aliphatic hydroxyl groups is 1. The number of ether oxygens (including phenoxy) is 7. The second-order valence-corrected chi connectivity index (χ2v) is 15.6. The van der Waals surface area contributed by atoms with Crippen LogP contribution in [0.1, 0.15) is 56.8 Å². The van der Waals surface area contributed by atoms with E-state index in [-0.39, 0.29) is 88.0 Å². The van der Waals surface area contributed by atoms with Gasteiger partial charge in [-0.15, -0.1) is 10.1 Å². The van der Waals surface area contributed by atoms with E-state index in [0.717, 1.165) is 6.08 Å². The number of nitrogens with zero attached hydrogens (tertiary/aromatic N) is 2. The van der Waals surface area contributed by atoms with Crippen molar-refractivity contribution in [2.45, 2.75) is 76.7 Å². The van der Waals surface area contributed by atoms with E-state index >= 15 is 8.78 Å². The minimum atomic E-state index is -1.77. The van der Waals surface area contributed by atoms with Gasteiger partial charge in [-0.3, -0.25) is 9.59 Å². The predicted molar refractivity (Wildman–Crippen MR) is 197 cm³/mol. The molecule has 4 aliphatic rings. The molecule has 0 amide bonds. The van der Waals surface area contributed by atoms with E-state index in [4.69, 9.17) is 33.2 Å². The molecule has 3 fully saturated rings. The maximum Gasteiger partial charge on any atom is 0.514 e.